The SMILES string of the molecule is C1CCNCC1.O=c1[nH]c(/C=C/c2ccccc2[N+](=O)[O-])c([N+](=O)[O-])c(=O)[nH]1. The van der Waals surface area contributed by atoms with Crippen LogP contribution in [0.1, 0.15) is 30.5 Å². The molecule has 1 aliphatic heterocycles. The lowest BCUT2D eigenvalue weighted by Crippen LogP contribution is -2.25. The Balaban J connectivity index is 0.000000397. The van der Waals surface area contributed by atoms with Gasteiger partial charge in [0.15, 0.2) is 0 Å². The zero-order chi connectivity index (χ0) is 20.5. The maximum atomic E-state index is 11.4. The van der Waals surface area contributed by atoms with Crippen molar-refractivity contribution < 1.29 is 9.85 Å². The molecule has 0 radical (unpaired) electrons. The maximum Gasteiger partial charge on any atom is 0.357 e. The summed E-state index contributed by atoms with van der Waals surface area (Å²) in [5.41, 5.74) is -3.32. The second-order valence-electron chi connectivity index (χ2n) is 5.89. The minimum absolute atomic E-state index is 0.169. The van der Waals surface area contributed by atoms with Gasteiger partial charge in [-0.2, -0.15) is 0 Å². The maximum absolute atomic E-state index is 11.4. The van der Waals surface area contributed by atoms with Crippen molar-refractivity contribution in [2.24, 2.45) is 0 Å². The predicted molar refractivity (Wildman–Crippen MR) is 103 cm³/mol. The number of para-hydroxylation sites is 1. The fourth-order valence-electron chi connectivity index (χ4n) is 2.57. The highest BCUT2D eigenvalue weighted by Gasteiger charge is 2.19. The molecule has 0 atom stereocenters. The van der Waals surface area contributed by atoms with Gasteiger partial charge in [0.05, 0.1) is 15.4 Å². The first-order valence-electron chi connectivity index (χ1n) is 8.53. The molecule has 3 rings (SSSR count). The molecule has 3 N–H and O–H groups in total. The number of hydrogen-bond donors (Lipinski definition) is 3. The lowest BCUT2D eigenvalue weighted by Gasteiger charge is -2.08. The van der Waals surface area contributed by atoms with E-state index in [-0.39, 0.29) is 16.9 Å². The minimum atomic E-state index is -1.16. The molecule has 0 spiro atoms. The second kappa shape index (κ2) is 9.92. The van der Waals surface area contributed by atoms with E-state index >= 15 is 0 Å². The van der Waals surface area contributed by atoms with Crippen LogP contribution in [-0.2, 0) is 0 Å². The lowest BCUT2D eigenvalue weighted by atomic mass is 10.1. The molecule has 28 heavy (non-hydrogen) atoms. The number of aromatic nitrogens is 2. The van der Waals surface area contributed by atoms with Gasteiger partial charge < -0.3 is 10.3 Å². The summed E-state index contributed by atoms with van der Waals surface area (Å²) in [4.78, 5) is 46.6. The molecule has 0 aliphatic carbocycles. The second-order valence-corrected chi connectivity index (χ2v) is 5.89. The van der Waals surface area contributed by atoms with Gasteiger partial charge in [-0.1, -0.05) is 18.6 Å². The Labute approximate surface area is 158 Å². The van der Waals surface area contributed by atoms with E-state index in [0.29, 0.717) is 0 Å². The van der Waals surface area contributed by atoms with Crippen LogP contribution in [-0.4, -0.2) is 32.9 Å². The van der Waals surface area contributed by atoms with Crippen molar-refractivity contribution in [3.63, 3.8) is 0 Å². The largest absolute Gasteiger partial charge is 0.357 e. The number of hydrogen-bond acceptors (Lipinski definition) is 7. The topological polar surface area (TPSA) is 164 Å². The Morgan fingerprint density at radius 1 is 0.893 bits per heavy atom. The molecule has 2 aromatic rings. The van der Waals surface area contributed by atoms with E-state index in [4.69, 9.17) is 0 Å². The predicted octanol–water partition coefficient (Wildman–Crippen LogP) is 1.81. The van der Waals surface area contributed by atoms with Crippen molar-refractivity contribution in [3.8, 4) is 0 Å². The van der Waals surface area contributed by atoms with E-state index in [9.17, 15) is 29.8 Å². The summed E-state index contributed by atoms with van der Waals surface area (Å²) in [6.07, 6.45) is 6.49. The van der Waals surface area contributed by atoms with Gasteiger partial charge in [-0.25, -0.2) is 4.79 Å². The zero-order valence-electron chi connectivity index (χ0n) is 14.8. The standard InChI is InChI=1S/C12H8N4O6.C5H11N/c17-11-10(16(21)22)8(13-12(18)14-11)6-5-7-3-1-2-4-9(7)15(19)20;1-2-4-6-5-3-1/h1-6H,(H2,13,14,17,18);6H,1-5H2/b6-5+;. The summed E-state index contributed by atoms with van der Waals surface area (Å²) < 4.78 is 0. The average Bonchev–Trinajstić information content (AvgIpc) is 2.67. The van der Waals surface area contributed by atoms with Gasteiger partial charge in [0.1, 0.15) is 5.69 Å². The van der Waals surface area contributed by atoms with Gasteiger partial charge in [-0.05, 0) is 44.1 Å². The van der Waals surface area contributed by atoms with E-state index in [0.717, 1.165) is 6.08 Å². The lowest BCUT2D eigenvalue weighted by molar-refractivity contribution is -0.386. The van der Waals surface area contributed by atoms with E-state index in [2.05, 4.69) is 10.3 Å². The van der Waals surface area contributed by atoms with Gasteiger partial charge in [0, 0.05) is 6.07 Å². The number of nitro benzene ring substituents is 1. The molecule has 0 bridgehead atoms. The Bertz CT molecular complexity index is 979. The number of nitrogens with zero attached hydrogens (tertiary/aromatic N) is 2. The summed E-state index contributed by atoms with van der Waals surface area (Å²) >= 11 is 0. The third-order valence-electron chi connectivity index (χ3n) is 3.90. The van der Waals surface area contributed by atoms with Crippen LogP contribution < -0.4 is 16.6 Å². The average molecular weight is 389 g/mol. The minimum Gasteiger partial charge on any atom is -0.317 e. The Hall–Kier alpha value is -3.60. The molecule has 0 unspecified atom stereocenters. The zero-order valence-corrected chi connectivity index (χ0v) is 14.8. The van der Waals surface area contributed by atoms with Gasteiger partial charge in [0.2, 0.25) is 0 Å². The van der Waals surface area contributed by atoms with Crippen LogP contribution in [0.5, 0.6) is 0 Å². The van der Waals surface area contributed by atoms with Gasteiger partial charge in [-0.15, -0.1) is 0 Å². The van der Waals surface area contributed by atoms with Crippen LogP contribution in [0.25, 0.3) is 12.2 Å². The number of rotatable bonds is 4. The summed E-state index contributed by atoms with van der Waals surface area (Å²) in [6, 6.07) is 5.69. The molecule has 0 saturated carbocycles. The molecule has 11 nitrogen and oxygen atoms in total. The summed E-state index contributed by atoms with van der Waals surface area (Å²) in [6.45, 7) is 2.50. The third kappa shape index (κ3) is 5.71. The van der Waals surface area contributed by atoms with E-state index in [1.54, 1.807) is 11.1 Å². The molecule has 148 valence electrons. The van der Waals surface area contributed by atoms with Gasteiger partial charge >= 0.3 is 16.9 Å². The Morgan fingerprint density at radius 3 is 2.11 bits per heavy atom. The van der Waals surface area contributed by atoms with Crippen LogP contribution in [0.2, 0.25) is 0 Å². The Morgan fingerprint density at radius 2 is 1.57 bits per heavy atom. The first kappa shape index (κ1) is 20.7. The molecular formula is C17H19N5O6. The quantitative estimate of drug-likeness (QED) is 0.530. The molecule has 1 aromatic heterocycles. The highest BCUT2D eigenvalue weighted by molar-refractivity contribution is 5.75. The molecule has 1 aliphatic rings. The van der Waals surface area contributed by atoms with Crippen molar-refractivity contribution in [1.82, 2.24) is 15.3 Å². The number of nitrogens with one attached hydrogen (secondary N) is 3. The van der Waals surface area contributed by atoms with Crippen molar-refractivity contribution in [1.29, 1.82) is 0 Å². The highest BCUT2D eigenvalue weighted by atomic mass is 16.6. The number of aromatic amines is 2. The number of nitro groups is 2. The molecule has 2 heterocycles. The summed E-state index contributed by atoms with van der Waals surface area (Å²) in [7, 11) is 0. The smallest absolute Gasteiger partial charge is 0.317 e. The van der Waals surface area contributed by atoms with Gasteiger partial charge in [-0.3, -0.25) is 30.0 Å². The van der Waals surface area contributed by atoms with E-state index < -0.39 is 26.8 Å². The molecular weight excluding hydrogens is 370 g/mol. The molecule has 0 amide bonds. The van der Waals surface area contributed by atoms with Crippen molar-refractivity contribution in [3.05, 3.63) is 76.6 Å². The van der Waals surface area contributed by atoms with Crippen LogP contribution in [0.4, 0.5) is 11.4 Å². The monoisotopic (exact) mass is 389 g/mol. The first-order valence-corrected chi connectivity index (χ1v) is 8.53. The third-order valence-corrected chi connectivity index (χ3v) is 3.90. The van der Waals surface area contributed by atoms with Crippen LogP contribution in [0.3, 0.4) is 0 Å². The highest BCUT2D eigenvalue weighted by Crippen LogP contribution is 2.21. The van der Waals surface area contributed by atoms with Gasteiger partial charge in [0.25, 0.3) is 5.69 Å². The Kier molecular flexibility index (Phi) is 7.34. The van der Waals surface area contributed by atoms with Crippen LogP contribution in [0.15, 0.2) is 33.9 Å². The van der Waals surface area contributed by atoms with Crippen LogP contribution in [0, 0.1) is 20.2 Å². The molecule has 1 saturated heterocycles. The van der Waals surface area contributed by atoms with E-state index in [1.807, 2.05) is 0 Å². The molecule has 1 fully saturated rings. The number of piperidine rings is 1. The number of H-pyrrole nitrogens is 2. The molecule has 1 aromatic carbocycles. The van der Waals surface area contributed by atoms with E-state index in [1.165, 1.54) is 56.6 Å². The fraction of sp³-hybridized carbons (Fsp3) is 0.294. The van der Waals surface area contributed by atoms with Crippen molar-refractivity contribution >= 4 is 23.5 Å². The molecule has 11 heteroatoms. The normalized spacial score (nSPS) is 13.6. The number of benzene rings is 1. The fourth-order valence-corrected chi connectivity index (χ4v) is 2.57. The van der Waals surface area contributed by atoms with Crippen LogP contribution >= 0.6 is 0 Å². The first-order chi connectivity index (χ1) is 13.4. The summed E-state index contributed by atoms with van der Waals surface area (Å²) in [5, 5.41) is 25.0. The van der Waals surface area contributed by atoms with Crippen molar-refractivity contribution in [2.75, 3.05) is 13.1 Å². The summed E-state index contributed by atoms with van der Waals surface area (Å²) in [5.74, 6) is 0. The van der Waals surface area contributed by atoms with Crippen molar-refractivity contribution in [2.45, 2.75) is 19.3 Å².